The van der Waals surface area contributed by atoms with E-state index in [0.29, 0.717) is 11.1 Å². The second kappa shape index (κ2) is 3.48. The van der Waals surface area contributed by atoms with Gasteiger partial charge in [0, 0.05) is 24.8 Å². The van der Waals surface area contributed by atoms with Crippen LogP contribution >= 0.6 is 0 Å². The summed E-state index contributed by atoms with van der Waals surface area (Å²) in [6.07, 6.45) is -0.558. The largest absolute Gasteiger partial charge is 0.330 e. The molecule has 1 aromatic carbocycles. The van der Waals surface area contributed by atoms with Crippen molar-refractivity contribution < 1.29 is 13.2 Å². The number of aryl methyl sites for hydroxylation is 1. The third-order valence-electron chi connectivity index (χ3n) is 3.37. The topological polar surface area (TPSA) is 26.0 Å². The highest BCUT2D eigenvalue weighted by atomic mass is 19.3. The molecular weight excluding hydrogens is 215 g/mol. The predicted octanol–water partition coefficient (Wildman–Crippen LogP) is 2.76. The van der Waals surface area contributed by atoms with Crippen LogP contribution in [0.2, 0.25) is 0 Å². The number of hydrogen-bond donors (Lipinski definition) is 1. The molecule has 1 saturated carbocycles. The summed E-state index contributed by atoms with van der Waals surface area (Å²) in [6.45, 7) is 1.77. The molecule has 4 heteroatoms. The van der Waals surface area contributed by atoms with Crippen LogP contribution in [0.5, 0.6) is 0 Å². The van der Waals surface area contributed by atoms with Gasteiger partial charge in [-0.3, -0.25) is 0 Å². The van der Waals surface area contributed by atoms with Crippen molar-refractivity contribution in [2.75, 3.05) is 6.54 Å². The molecule has 0 atom stereocenters. The molecule has 0 unspecified atom stereocenters. The van der Waals surface area contributed by atoms with Crippen LogP contribution in [-0.2, 0) is 5.41 Å². The number of benzene rings is 1. The number of nitrogens with two attached hydrogens (primary N) is 1. The molecule has 0 amide bonds. The van der Waals surface area contributed by atoms with Crippen molar-refractivity contribution in [3.63, 3.8) is 0 Å². The molecule has 1 aliphatic carbocycles. The third kappa shape index (κ3) is 1.71. The van der Waals surface area contributed by atoms with Crippen LogP contribution < -0.4 is 5.73 Å². The molecule has 2 rings (SSSR count). The van der Waals surface area contributed by atoms with E-state index in [0.717, 1.165) is 0 Å². The maximum absolute atomic E-state index is 13.4. The fourth-order valence-electron chi connectivity index (χ4n) is 2.33. The molecule has 0 saturated heterocycles. The van der Waals surface area contributed by atoms with Gasteiger partial charge in [-0.1, -0.05) is 12.1 Å². The zero-order chi connectivity index (χ0) is 12.0. The van der Waals surface area contributed by atoms with E-state index in [1.807, 2.05) is 0 Å². The summed E-state index contributed by atoms with van der Waals surface area (Å²) in [7, 11) is 0. The lowest BCUT2D eigenvalue weighted by Crippen LogP contribution is -2.53. The van der Waals surface area contributed by atoms with Crippen LogP contribution in [0.25, 0.3) is 0 Å². The summed E-state index contributed by atoms with van der Waals surface area (Å²) >= 11 is 0. The summed E-state index contributed by atoms with van der Waals surface area (Å²) in [5.41, 5.74) is 5.92. The third-order valence-corrected chi connectivity index (χ3v) is 3.37. The standard InChI is InChI=1S/C12H14F3N/c1-8-2-3-9(4-10(8)13)11(7-16)5-12(14,15)6-11/h2-4H,5-7,16H2,1H3. The first kappa shape index (κ1) is 11.5. The van der Waals surface area contributed by atoms with E-state index in [9.17, 15) is 13.2 Å². The maximum Gasteiger partial charge on any atom is 0.250 e. The molecular formula is C12H14F3N. The molecule has 88 valence electrons. The summed E-state index contributed by atoms with van der Waals surface area (Å²) in [4.78, 5) is 0. The van der Waals surface area contributed by atoms with Gasteiger partial charge in [0.25, 0.3) is 0 Å². The highest BCUT2D eigenvalue weighted by molar-refractivity contribution is 5.34. The zero-order valence-corrected chi connectivity index (χ0v) is 9.06. The van der Waals surface area contributed by atoms with Crippen molar-refractivity contribution in [2.45, 2.75) is 31.1 Å². The highest BCUT2D eigenvalue weighted by Gasteiger charge is 2.56. The van der Waals surface area contributed by atoms with E-state index < -0.39 is 11.3 Å². The van der Waals surface area contributed by atoms with E-state index in [1.54, 1.807) is 19.1 Å². The van der Waals surface area contributed by atoms with Crippen molar-refractivity contribution >= 4 is 0 Å². The van der Waals surface area contributed by atoms with Crippen molar-refractivity contribution in [3.05, 3.63) is 35.1 Å². The fourth-order valence-corrected chi connectivity index (χ4v) is 2.33. The van der Waals surface area contributed by atoms with Gasteiger partial charge >= 0.3 is 0 Å². The molecule has 2 N–H and O–H groups in total. The number of hydrogen-bond acceptors (Lipinski definition) is 1. The monoisotopic (exact) mass is 229 g/mol. The van der Waals surface area contributed by atoms with Gasteiger partial charge in [0.1, 0.15) is 5.82 Å². The average molecular weight is 229 g/mol. The molecule has 0 bridgehead atoms. The Morgan fingerprint density at radius 1 is 1.31 bits per heavy atom. The number of alkyl halides is 2. The Balaban J connectivity index is 2.32. The van der Waals surface area contributed by atoms with Crippen LogP contribution in [0.1, 0.15) is 24.0 Å². The molecule has 1 aliphatic rings. The second-order valence-electron chi connectivity index (χ2n) is 4.66. The Kier molecular flexibility index (Phi) is 2.49. The summed E-state index contributed by atoms with van der Waals surface area (Å²) < 4.78 is 39.2. The lowest BCUT2D eigenvalue weighted by molar-refractivity contribution is -0.123. The Bertz CT molecular complexity index is 407. The molecule has 0 heterocycles. The van der Waals surface area contributed by atoms with Gasteiger partial charge in [0.15, 0.2) is 0 Å². The van der Waals surface area contributed by atoms with E-state index in [-0.39, 0.29) is 25.2 Å². The van der Waals surface area contributed by atoms with Crippen molar-refractivity contribution in [2.24, 2.45) is 5.73 Å². The van der Waals surface area contributed by atoms with Gasteiger partial charge in [-0.25, -0.2) is 13.2 Å². The van der Waals surface area contributed by atoms with Crippen LogP contribution in [0.3, 0.4) is 0 Å². The van der Waals surface area contributed by atoms with Crippen LogP contribution in [-0.4, -0.2) is 12.5 Å². The minimum absolute atomic E-state index is 0.130. The van der Waals surface area contributed by atoms with E-state index in [1.165, 1.54) is 6.07 Å². The lowest BCUT2D eigenvalue weighted by atomic mass is 9.62. The van der Waals surface area contributed by atoms with Gasteiger partial charge in [-0.05, 0) is 24.1 Å². The fraction of sp³-hybridized carbons (Fsp3) is 0.500. The lowest BCUT2D eigenvalue weighted by Gasteiger charge is -2.47. The summed E-state index contributed by atoms with van der Waals surface area (Å²) in [6, 6.07) is 4.64. The first-order valence-corrected chi connectivity index (χ1v) is 5.23. The minimum Gasteiger partial charge on any atom is -0.330 e. The molecule has 1 nitrogen and oxygen atoms in total. The van der Waals surface area contributed by atoms with Crippen LogP contribution in [0.4, 0.5) is 13.2 Å². The van der Waals surface area contributed by atoms with Gasteiger partial charge < -0.3 is 5.73 Å². The van der Waals surface area contributed by atoms with Gasteiger partial charge in [0.05, 0.1) is 0 Å². The van der Waals surface area contributed by atoms with Gasteiger partial charge in [-0.15, -0.1) is 0 Å². The Morgan fingerprint density at radius 3 is 2.38 bits per heavy atom. The van der Waals surface area contributed by atoms with Crippen LogP contribution in [0.15, 0.2) is 18.2 Å². The SMILES string of the molecule is Cc1ccc(C2(CN)CC(F)(F)C2)cc1F. The highest BCUT2D eigenvalue weighted by Crippen LogP contribution is 2.52. The quantitative estimate of drug-likeness (QED) is 0.829. The number of rotatable bonds is 2. The Labute approximate surface area is 92.5 Å². The smallest absolute Gasteiger partial charge is 0.250 e. The zero-order valence-electron chi connectivity index (χ0n) is 9.06. The van der Waals surface area contributed by atoms with Gasteiger partial charge in [0.2, 0.25) is 5.92 Å². The van der Waals surface area contributed by atoms with Crippen molar-refractivity contribution in [1.82, 2.24) is 0 Å². The molecule has 0 spiro atoms. The molecule has 1 fully saturated rings. The van der Waals surface area contributed by atoms with Crippen LogP contribution in [0, 0.1) is 12.7 Å². The number of halogens is 3. The first-order valence-electron chi connectivity index (χ1n) is 5.23. The Morgan fingerprint density at radius 2 is 1.94 bits per heavy atom. The first-order chi connectivity index (χ1) is 7.38. The minimum atomic E-state index is -2.65. The normalized spacial score (nSPS) is 21.6. The molecule has 1 aromatic rings. The predicted molar refractivity (Wildman–Crippen MR) is 56.1 cm³/mol. The maximum atomic E-state index is 13.4. The van der Waals surface area contributed by atoms with Crippen molar-refractivity contribution in [3.8, 4) is 0 Å². The molecule has 0 aromatic heterocycles. The molecule has 16 heavy (non-hydrogen) atoms. The second-order valence-corrected chi connectivity index (χ2v) is 4.66. The van der Waals surface area contributed by atoms with Crippen molar-refractivity contribution in [1.29, 1.82) is 0 Å². The van der Waals surface area contributed by atoms with Gasteiger partial charge in [-0.2, -0.15) is 0 Å². The molecule has 0 aliphatic heterocycles. The van der Waals surface area contributed by atoms with E-state index in [2.05, 4.69) is 0 Å². The summed E-state index contributed by atoms with van der Waals surface area (Å²) in [5.74, 6) is -3.01. The summed E-state index contributed by atoms with van der Waals surface area (Å²) in [5, 5.41) is 0. The van der Waals surface area contributed by atoms with E-state index >= 15 is 0 Å². The van der Waals surface area contributed by atoms with E-state index in [4.69, 9.17) is 5.73 Å². The average Bonchev–Trinajstić information content (AvgIpc) is 2.18. The molecule has 0 radical (unpaired) electrons. The Hall–Kier alpha value is -1.03.